The number of aliphatic hydroxyl groups is 1. The third-order valence-electron chi connectivity index (χ3n) is 2.62. The van der Waals surface area contributed by atoms with Gasteiger partial charge in [0.15, 0.2) is 0 Å². The molecule has 94 valence electrons. The highest BCUT2D eigenvalue weighted by atomic mass is 79.9. The van der Waals surface area contributed by atoms with Crippen LogP contribution in [0.5, 0.6) is 11.6 Å². The summed E-state index contributed by atoms with van der Waals surface area (Å²) in [5.41, 5.74) is 2.58. The Bertz CT molecular complexity index is 552. The summed E-state index contributed by atoms with van der Waals surface area (Å²) in [6, 6.07) is 9.43. The highest BCUT2D eigenvalue weighted by Gasteiger charge is 2.10. The van der Waals surface area contributed by atoms with Gasteiger partial charge in [0.2, 0.25) is 5.88 Å². The van der Waals surface area contributed by atoms with Crippen molar-refractivity contribution in [2.24, 2.45) is 0 Å². The van der Waals surface area contributed by atoms with Crippen molar-refractivity contribution in [3.63, 3.8) is 0 Å². The molecule has 0 spiro atoms. The first-order valence-corrected chi connectivity index (χ1v) is 6.41. The fourth-order valence-corrected chi connectivity index (χ4v) is 1.98. The van der Waals surface area contributed by atoms with Crippen molar-refractivity contribution < 1.29 is 9.84 Å². The molecular formula is C14H14BrNO2. The summed E-state index contributed by atoms with van der Waals surface area (Å²) in [6.45, 7) is 3.77. The lowest BCUT2D eigenvalue weighted by Gasteiger charge is -2.12. The Morgan fingerprint density at radius 2 is 1.89 bits per heavy atom. The van der Waals surface area contributed by atoms with Crippen LogP contribution in [-0.2, 0) is 6.61 Å². The maximum absolute atomic E-state index is 9.38. The Balaban J connectivity index is 2.36. The number of nitrogens with zero attached hydrogens (tertiary/aromatic N) is 1. The smallest absolute Gasteiger partial charge is 0.225 e. The lowest BCUT2D eigenvalue weighted by molar-refractivity contribution is 0.274. The van der Waals surface area contributed by atoms with Crippen molar-refractivity contribution in [3.8, 4) is 11.6 Å². The maximum Gasteiger partial charge on any atom is 0.225 e. The van der Waals surface area contributed by atoms with E-state index in [0.717, 1.165) is 21.3 Å². The summed E-state index contributed by atoms with van der Waals surface area (Å²) >= 11 is 3.37. The molecule has 1 aromatic heterocycles. The number of halogens is 1. The van der Waals surface area contributed by atoms with E-state index in [1.165, 1.54) is 0 Å². The molecule has 4 heteroatoms. The van der Waals surface area contributed by atoms with Crippen LogP contribution in [0.25, 0.3) is 0 Å². The molecular weight excluding hydrogens is 294 g/mol. The summed E-state index contributed by atoms with van der Waals surface area (Å²) in [5, 5.41) is 9.38. The van der Waals surface area contributed by atoms with Gasteiger partial charge in [-0.25, -0.2) is 4.98 Å². The average molecular weight is 308 g/mol. The van der Waals surface area contributed by atoms with Crippen LogP contribution in [0.3, 0.4) is 0 Å². The van der Waals surface area contributed by atoms with Crippen molar-refractivity contribution >= 4 is 15.9 Å². The van der Waals surface area contributed by atoms with Gasteiger partial charge >= 0.3 is 0 Å². The van der Waals surface area contributed by atoms with Crippen LogP contribution in [0.1, 0.15) is 16.8 Å². The van der Waals surface area contributed by atoms with Crippen molar-refractivity contribution in [3.05, 3.63) is 51.6 Å². The number of ether oxygens (including phenoxy) is 1. The predicted molar refractivity (Wildman–Crippen MR) is 73.8 cm³/mol. The zero-order chi connectivity index (χ0) is 13.1. The summed E-state index contributed by atoms with van der Waals surface area (Å²) in [5.74, 6) is 1.17. The standard InChI is InChI=1S/C14H14BrNO2/c1-9-7-10(2)16-14(13(9)8-17)18-12-5-3-11(15)4-6-12/h3-7,17H,8H2,1-2H3. The van der Waals surface area contributed by atoms with Crippen LogP contribution in [0.2, 0.25) is 0 Å². The largest absolute Gasteiger partial charge is 0.439 e. The molecule has 0 saturated carbocycles. The van der Waals surface area contributed by atoms with E-state index in [0.29, 0.717) is 11.6 Å². The van der Waals surface area contributed by atoms with E-state index in [1.807, 2.05) is 44.2 Å². The third-order valence-corrected chi connectivity index (χ3v) is 3.15. The van der Waals surface area contributed by atoms with Gasteiger partial charge in [-0.15, -0.1) is 0 Å². The quantitative estimate of drug-likeness (QED) is 0.939. The number of rotatable bonds is 3. The van der Waals surface area contributed by atoms with Gasteiger partial charge in [-0.2, -0.15) is 0 Å². The first kappa shape index (κ1) is 13.1. The summed E-state index contributed by atoms with van der Waals surface area (Å²) < 4.78 is 6.72. The molecule has 2 rings (SSSR count). The SMILES string of the molecule is Cc1cc(C)c(CO)c(Oc2ccc(Br)cc2)n1. The number of pyridine rings is 1. The minimum Gasteiger partial charge on any atom is -0.439 e. The van der Waals surface area contributed by atoms with Crippen molar-refractivity contribution in [1.82, 2.24) is 4.98 Å². The second-order valence-electron chi connectivity index (χ2n) is 4.08. The second kappa shape index (κ2) is 5.50. The average Bonchev–Trinajstić information content (AvgIpc) is 2.32. The van der Waals surface area contributed by atoms with Gasteiger partial charge in [-0.05, 0) is 49.7 Å². The van der Waals surface area contributed by atoms with E-state index in [9.17, 15) is 5.11 Å². The van der Waals surface area contributed by atoms with Gasteiger partial charge in [0, 0.05) is 15.7 Å². The molecule has 3 nitrogen and oxygen atoms in total. The Morgan fingerprint density at radius 1 is 1.22 bits per heavy atom. The van der Waals surface area contributed by atoms with Gasteiger partial charge in [0.1, 0.15) is 5.75 Å². The minimum atomic E-state index is -0.0784. The van der Waals surface area contributed by atoms with Crippen LogP contribution in [0.4, 0.5) is 0 Å². The highest BCUT2D eigenvalue weighted by Crippen LogP contribution is 2.27. The van der Waals surface area contributed by atoms with Crippen LogP contribution >= 0.6 is 15.9 Å². The maximum atomic E-state index is 9.38. The van der Waals surface area contributed by atoms with Gasteiger partial charge in [-0.3, -0.25) is 0 Å². The van der Waals surface area contributed by atoms with E-state index < -0.39 is 0 Å². The Morgan fingerprint density at radius 3 is 2.50 bits per heavy atom. The molecule has 0 saturated heterocycles. The summed E-state index contributed by atoms with van der Waals surface area (Å²) in [6.07, 6.45) is 0. The Kier molecular flexibility index (Phi) is 3.99. The number of aryl methyl sites for hydroxylation is 2. The summed E-state index contributed by atoms with van der Waals surface area (Å²) in [7, 11) is 0. The highest BCUT2D eigenvalue weighted by molar-refractivity contribution is 9.10. The number of aliphatic hydroxyl groups excluding tert-OH is 1. The van der Waals surface area contributed by atoms with Gasteiger partial charge < -0.3 is 9.84 Å². The van der Waals surface area contributed by atoms with E-state index in [-0.39, 0.29) is 6.61 Å². The molecule has 0 amide bonds. The molecule has 1 aromatic carbocycles. The van der Waals surface area contributed by atoms with Crippen LogP contribution in [-0.4, -0.2) is 10.1 Å². The molecule has 18 heavy (non-hydrogen) atoms. The van der Waals surface area contributed by atoms with Crippen molar-refractivity contribution in [1.29, 1.82) is 0 Å². The molecule has 1 heterocycles. The molecule has 2 aromatic rings. The van der Waals surface area contributed by atoms with Gasteiger partial charge in [-0.1, -0.05) is 15.9 Å². The fourth-order valence-electron chi connectivity index (χ4n) is 1.72. The number of aromatic nitrogens is 1. The molecule has 0 bridgehead atoms. The number of benzene rings is 1. The normalized spacial score (nSPS) is 10.4. The first-order chi connectivity index (χ1) is 8.60. The molecule has 0 fully saturated rings. The third kappa shape index (κ3) is 2.89. The van der Waals surface area contributed by atoms with Gasteiger partial charge in [0.25, 0.3) is 0 Å². The summed E-state index contributed by atoms with van der Waals surface area (Å²) in [4.78, 5) is 4.33. The first-order valence-electron chi connectivity index (χ1n) is 5.61. The Labute approximate surface area is 115 Å². The van der Waals surface area contributed by atoms with E-state index in [4.69, 9.17) is 4.74 Å². The van der Waals surface area contributed by atoms with Crippen molar-refractivity contribution in [2.75, 3.05) is 0 Å². The van der Waals surface area contributed by atoms with E-state index in [1.54, 1.807) is 0 Å². The topological polar surface area (TPSA) is 42.4 Å². The molecule has 1 N–H and O–H groups in total. The second-order valence-corrected chi connectivity index (χ2v) is 4.99. The molecule has 0 aliphatic carbocycles. The molecule has 0 unspecified atom stereocenters. The monoisotopic (exact) mass is 307 g/mol. The molecule has 0 aliphatic heterocycles. The lowest BCUT2D eigenvalue weighted by atomic mass is 10.1. The zero-order valence-electron chi connectivity index (χ0n) is 10.3. The van der Waals surface area contributed by atoms with Crippen LogP contribution < -0.4 is 4.74 Å². The minimum absolute atomic E-state index is 0.0784. The van der Waals surface area contributed by atoms with Crippen LogP contribution in [0, 0.1) is 13.8 Å². The predicted octanol–water partition coefficient (Wildman–Crippen LogP) is 3.75. The lowest BCUT2D eigenvalue weighted by Crippen LogP contribution is -1.99. The number of hydrogen-bond acceptors (Lipinski definition) is 3. The molecule has 0 atom stereocenters. The zero-order valence-corrected chi connectivity index (χ0v) is 11.9. The number of hydrogen-bond donors (Lipinski definition) is 1. The van der Waals surface area contributed by atoms with Crippen molar-refractivity contribution in [2.45, 2.75) is 20.5 Å². The fraction of sp³-hybridized carbons (Fsp3) is 0.214. The van der Waals surface area contributed by atoms with E-state index >= 15 is 0 Å². The van der Waals surface area contributed by atoms with Crippen LogP contribution in [0.15, 0.2) is 34.8 Å². The molecule has 0 radical (unpaired) electrons. The Hall–Kier alpha value is -1.39. The molecule has 0 aliphatic rings. The van der Waals surface area contributed by atoms with Gasteiger partial charge in [0.05, 0.1) is 6.61 Å². The van der Waals surface area contributed by atoms with E-state index in [2.05, 4.69) is 20.9 Å².